The molecule has 2 aromatic carbocycles. The highest BCUT2D eigenvalue weighted by Gasteiger charge is 2.17. The number of hydrogen-bond donors (Lipinski definition) is 1. The number of benzene rings is 2. The highest BCUT2D eigenvalue weighted by molar-refractivity contribution is 6.13. The van der Waals surface area contributed by atoms with Crippen LogP contribution in [0.2, 0.25) is 0 Å². The van der Waals surface area contributed by atoms with Crippen LogP contribution in [-0.2, 0) is 25.4 Å². The van der Waals surface area contributed by atoms with Crippen LogP contribution in [0.5, 0.6) is 0 Å². The van der Waals surface area contributed by atoms with Gasteiger partial charge in [-0.3, -0.25) is 23.5 Å². The van der Waals surface area contributed by atoms with Crippen molar-refractivity contribution in [2.24, 2.45) is 14.1 Å². The highest BCUT2D eigenvalue weighted by atomic mass is 16.2. The van der Waals surface area contributed by atoms with Crippen LogP contribution in [0.25, 0.3) is 11.2 Å². The van der Waals surface area contributed by atoms with E-state index in [4.69, 9.17) is 0 Å². The molecule has 0 aliphatic heterocycles. The topological polar surface area (TPSA) is 108 Å². The molecule has 4 aromatic rings. The molecule has 2 aromatic heterocycles. The van der Waals surface area contributed by atoms with Gasteiger partial charge in [-0.15, -0.1) is 0 Å². The lowest BCUT2D eigenvalue weighted by Crippen LogP contribution is -2.37. The average molecular weight is 431 g/mol. The summed E-state index contributed by atoms with van der Waals surface area (Å²) in [5.74, 6) is -0.506. The maximum atomic E-state index is 12.8. The summed E-state index contributed by atoms with van der Waals surface area (Å²) >= 11 is 0. The summed E-state index contributed by atoms with van der Waals surface area (Å²) in [6.45, 7) is 0.185. The van der Waals surface area contributed by atoms with Crippen LogP contribution in [0.3, 0.4) is 0 Å². The SMILES string of the molecule is Cn1c(=O)c2c(ncn2CCC(=O)Nc2ccccc2C(=O)c2ccccc2)n(C)c1=O. The highest BCUT2D eigenvalue weighted by Crippen LogP contribution is 2.19. The summed E-state index contributed by atoms with van der Waals surface area (Å²) in [6, 6.07) is 15.7. The molecule has 0 spiro atoms. The van der Waals surface area contributed by atoms with Crippen LogP contribution >= 0.6 is 0 Å². The first-order valence-corrected chi connectivity index (χ1v) is 9.98. The summed E-state index contributed by atoms with van der Waals surface area (Å²) in [4.78, 5) is 54.2. The molecular weight excluding hydrogens is 410 g/mol. The van der Waals surface area contributed by atoms with E-state index in [0.29, 0.717) is 16.8 Å². The monoisotopic (exact) mass is 431 g/mol. The number of nitrogens with one attached hydrogen (secondary N) is 1. The van der Waals surface area contributed by atoms with Crippen molar-refractivity contribution in [3.8, 4) is 0 Å². The number of nitrogens with zero attached hydrogens (tertiary/aromatic N) is 4. The number of carbonyl (C=O) groups excluding carboxylic acids is 2. The van der Waals surface area contributed by atoms with Crippen molar-refractivity contribution in [1.82, 2.24) is 18.7 Å². The van der Waals surface area contributed by atoms with Crippen molar-refractivity contribution in [3.63, 3.8) is 0 Å². The van der Waals surface area contributed by atoms with Gasteiger partial charge in [0.15, 0.2) is 16.9 Å². The lowest BCUT2D eigenvalue weighted by molar-refractivity contribution is -0.116. The molecule has 1 N–H and O–H groups in total. The van der Waals surface area contributed by atoms with Crippen LogP contribution < -0.4 is 16.6 Å². The first-order valence-electron chi connectivity index (χ1n) is 9.98. The second kappa shape index (κ2) is 8.46. The Kier molecular flexibility index (Phi) is 5.55. The van der Waals surface area contributed by atoms with E-state index in [0.717, 1.165) is 4.57 Å². The number of aryl methyl sites for hydroxylation is 2. The largest absolute Gasteiger partial charge is 0.332 e. The quantitative estimate of drug-likeness (QED) is 0.468. The number of rotatable bonds is 6. The Hall–Kier alpha value is -4.27. The summed E-state index contributed by atoms with van der Waals surface area (Å²) in [5.41, 5.74) is 0.911. The van der Waals surface area contributed by atoms with Gasteiger partial charge in [0.2, 0.25) is 5.91 Å². The van der Waals surface area contributed by atoms with Crippen LogP contribution in [-0.4, -0.2) is 30.4 Å². The Bertz CT molecular complexity index is 1450. The minimum atomic E-state index is -0.472. The second-order valence-corrected chi connectivity index (χ2v) is 7.35. The number of amides is 1. The molecular formula is C23H21N5O4. The molecule has 0 radical (unpaired) electrons. The lowest BCUT2D eigenvalue weighted by Gasteiger charge is -2.11. The smallest absolute Gasteiger partial charge is 0.325 e. The van der Waals surface area contributed by atoms with Gasteiger partial charge in [0, 0.05) is 38.2 Å². The van der Waals surface area contributed by atoms with Gasteiger partial charge in [0.05, 0.1) is 12.0 Å². The molecule has 0 aliphatic carbocycles. The summed E-state index contributed by atoms with van der Waals surface area (Å²) in [6.07, 6.45) is 1.48. The van der Waals surface area contributed by atoms with E-state index in [1.807, 2.05) is 6.07 Å². The number of anilines is 1. The molecule has 0 fully saturated rings. The van der Waals surface area contributed by atoms with Crippen molar-refractivity contribution in [3.05, 3.63) is 92.9 Å². The summed E-state index contributed by atoms with van der Waals surface area (Å²) in [5, 5.41) is 2.79. The van der Waals surface area contributed by atoms with E-state index in [9.17, 15) is 19.2 Å². The molecule has 32 heavy (non-hydrogen) atoms. The van der Waals surface area contributed by atoms with Gasteiger partial charge in [-0.2, -0.15) is 0 Å². The number of hydrogen-bond acceptors (Lipinski definition) is 5. The third-order valence-electron chi connectivity index (χ3n) is 5.28. The van der Waals surface area contributed by atoms with E-state index >= 15 is 0 Å². The normalized spacial score (nSPS) is 10.9. The van der Waals surface area contributed by atoms with Gasteiger partial charge in [0.1, 0.15) is 0 Å². The number of aromatic nitrogens is 4. The third-order valence-corrected chi connectivity index (χ3v) is 5.28. The van der Waals surface area contributed by atoms with E-state index < -0.39 is 11.2 Å². The molecule has 0 bridgehead atoms. The van der Waals surface area contributed by atoms with Crippen molar-refractivity contribution in [1.29, 1.82) is 0 Å². The van der Waals surface area contributed by atoms with Crippen LogP contribution in [0.1, 0.15) is 22.3 Å². The van der Waals surface area contributed by atoms with E-state index in [1.165, 1.54) is 25.0 Å². The van der Waals surface area contributed by atoms with Crippen molar-refractivity contribution < 1.29 is 9.59 Å². The summed E-state index contributed by atoms with van der Waals surface area (Å²) < 4.78 is 3.85. The van der Waals surface area contributed by atoms with Crippen LogP contribution in [0.4, 0.5) is 5.69 Å². The Labute approximate surface area is 182 Å². The second-order valence-electron chi connectivity index (χ2n) is 7.35. The van der Waals surface area contributed by atoms with Crippen molar-refractivity contribution in [2.45, 2.75) is 13.0 Å². The minimum Gasteiger partial charge on any atom is -0.325 e. The minimum absolute atomic E-state index is 0.0469. The Balaban J connectivity index is 1.54. The van der Waals surface area contributed by atoms with E-state index in [-0.39, 0.29) is 35.8 Å². The molecule has 9 heteroatoms. The molecule has 0 atom stereocenters. The number of imidazole rings is 1. The van der Waals surface area contributed by atoms with Crippen LogP contribution in [0, 0.1) is 0 Å². The van der Waals surface area contributed by atoms with Gasteiger partial charge in [0.25, 0.3) is 5.56 Å². The molecule has 0 unspecified atom stereocenters. The lowest BCUT2D eigenvalue weighted by atomic mass is 10.0. The van der Waals surface area contributed by atoms with E-state index in [1.54, 1.807) is 53.1 Å². The van der Waals surface area contributed by atoms with Gasteiger partial charge in [-0.1, -0.05) is 42.5 Å². The maximum absolute atomic E-state index is 12.8. The maximum Gasteiger partial charge on any atom is 0.332 e. The zero-order valence-electron chi connectivity index (χ0n) is 17.6. The Morgan fingerprint density at radius 2 is 1.62 bits per heavy atom. The predicted octanol–water partition coefficient (Wildman–Crippen LogP) is 1.69. The molecule has 0 aliphatic rings. The molecule has 162 valence electrons. The first kappa shape index (κ1) is 21.0. The first-order chi connectivity index (χ1) is 15.4. The summed E-state index contributed by atoms with van der Waals surface area (Å²) in [7, 11) is 2.93. The molecule has 0 saturated carbocycles. The zero-order chi connectivity index (χ0) is 22.8. The van der Waals surface area contributed by atoms with Crippen LogP contribution in [0.15, 0.2) is 70.5 Å². The fourth-order valence-electron chi connectivity index (χ4n) is 3.54. The van der Waals surface area contributed by atoms with Crippen molar-refractivity contribution >= 4 is 28.5 Å². The van der Waals surface area contributed by atoms with Gasteiger partial charge >= 0.3 is 5.69 Å². The standard InChI is InChI=1S/C23H21N5O4/c1-26-21-19(22(31)27(2)23(26)32)28(14-24-21)13-12-18(29)25-17-11-7-6-10-16(17)20(30)15-8-4-3-5-9-15/h3-11,14H,12-13H2,1-2H3,(H,25,29). The molecule has 9 nitrogen and oxygen atoms in total. The average Bonchev–Trinajstić information content (AvgIpc) is 3.25. The van der Waals surface area contributed by atoms with E-state index in [2.05, 4.69) is 10.3 Å². The zero-order valence-corrected chi connectivity index (χ0v) is 17.6. The Morgan fingerprint density at radius 1 is 0.938 bits per heavy atom. The molecule has 4 rings (SSSR count). The van der Waals surface area contributed by atoms with Crippen molar-refractivity contribution in [2.75, 3.05) is 5.32 Å². The molecule has 2 heterocycles. The third kappa shape index (κ3) is 3.76. The number of fused-ring (bicyclic) bond motifs is 1. The number of ketones is 1. The Morgan fingerprint density at radius 3 is 2.38 bits per heavy atom. The molecule has 0 saturated heterocycles. The molecule has 1 amide bonds. The van der Waals surface area contributed by atoms with Gasteiger partial charge < -0.3 is 9.88 Å². The fraction of sp³-hybridized carbons (Fsp3) is 0.174. The number of carbonyl (C=O) groups is 2. The van der Waals surface area contributed by atoms with Gasteiger partial charge in [-0.25, -0.2) is 9.78 Å². The predicted molar refractivity (Wildman–Crippen MR) is 120 cm³/mol. The van der Waals surface area contributed by atoms with Gasteiger partial charge in [-0.05, 0) is 12.1 Å². The number of para-hydroxylation sites is 1. The fourth-order valence-corrected chi connectivity index (χ4v) is 3.54.